The lowest BCUT2D eigenvalue weighted by atomic mass is 10.0. The Labute approximate surface area is 332 Å². The second kappa shape index (κ2) is 17.3. The van der Waals surface area contributed by atoms with Gasteiger partial charge in [0.1, 0.15) is 0 Å². The van der Waals surface area contributed by atoms with E-state index in [-0.39, 0.29) is 23.6 Å². The number of fused-ring (bicyclic) bond motifs is 2. The summed E-state index contributed by atoms with van der Waals surface area (Å²) in [6, 6.07) is 27.9. The van der Waals surface area contributed by atoms with Crippen LogP contribution in [0.2, 0.25) is 10.0 Å². The summed E-state index contributed by atoms with van der Waals surface area (Å²) < 4.78 is 27.1. The average molecular weight is 793 g/mol. The molecule has 2 aliphatic heterocycles. The Balaban J connectivity index is 0.000000172. The molecular weight excluding hydrogens is 755 g/mol. The second-order valence-corrected chi connectivity index (χ2v) is 14.6. The van der Waals surface area contributed by atoms with Crippen LogP contribution in [0, 0.1) is 23.0 Å². The minimum absolute atomic E-state index is 0.0889. The molecule has 2 N–H and O–H groups in total. The van der Waals surface area contributed by atoms with Gasteiger partial charge in [-0.15, -0.1) is 0 Å². The van der Waals surface area contributed by atoms with E-state index >= 15 is 0 Å². The molecule has 9 nitrogen and oxygen atoms in total. The number of carbonyl (C=O) groups is 2. The van der Waals surface area contributed by atoms with Gasteiger partial charge in [0.05, 0.1) is 28.2 Å². The van der Waals surface area contributed by atoms with Crippen LogP contribution < -0.4 is 20.4 Å². The van der Waals surface area contributed by atoms with E-state index in [4.69, 9.17) is 28.5 Å². The van der Waals surface area contributed by atoms with Gasteiger partial charge < -0.3 is 20.4 Å². The van der Waals surface area contributed by atoms with E-state index in [0.717, 1.165) is 78.3 Å². The second-order valence-electron chi connectivity index (χ2n) is 13.7. The Hall–Kier alpha value is -5.83. The Kier molecular flexibility index (Phi) is 11.9. The van der Waals surface area contributed by atoms with E-state index in [1.165, 1.54) is 12.1 Å². The lowest BCUT2D eigenvalue weighted by Gasteiger charge is -2.34. The number of rotatable bonds is 6. The summed E-state index contributed by atoms with van der Waals surface area (Å²) in [7, 11) is 0. The third kappa shape index (κ3) is 8.83. The van der Waals surface area contributed by atoms with Gasteiger partial charge in [-0.3, -0.25) is 19.6 Å². The van der Waals surface area contributed by atoms with Gasteiger partial charge in [-0.1, -0.05) is 35.3 Å². The van der Waals surface area contributed by atoms with Gasteiger partial charge >= 0.3 is 0 Å². The first kappa shape index (κ1) is 38.4. The maximum Gasteiger partial charge on any atom is 0.254 e. The van der Waals surface area contributed by atoms with Crippen molar-refractivity contribution in [3.63, 3.8) is 0 Å². The number of piperidine rings is 2. The molecule has 2 saturated heterocycles. The number of carbonyl (C=O) groups excluding carboxylic acids is 2. The molecule has 0 aliphatic carbocycles. The van der Waals surface area contributed by atoms with Crippen molar-refractivity contribution in [1.82, 2.24) is 20.6 Å². The third-order valence-corrected chi connectivity index (χ3v) is 10.6. The van der Waals surface area contributed by atoms with Gasteiger partial charge in [0.2, 0.25) is 0 Å². The molecule has 13 heteroatoms. The Morgan fingerprint density at radius 3 is 1.73 bits per heavy atom. The number of halogens is 4. The van der Waals surface area contributed by atoms with Crippen LogP contribution in [0.1, 0.15) is 52.0 Å². The summed E-state index contributed by atoms with van der Waals surface area (Å²) >= 11 is 12.1. The van der Waals surface area contributed by atoms with Crippen LogP contribution in [0.15, 0.2) is 103 Å². The van der Waals surface area contributed by atoms with Crippen LogP contribution in [0.3, 0.4) is 0 Å². The summed E-state index contributed by atoms with van der Waals surface area (Å²) in [6.45, 7) is 3.17. The fourth-order valence-corrected chi connectivity index (χ4v) is 7.57. The molecule has 4 aromatic carbocycles. The van der Waals surface area contributed by atoms with Crippen molar-refractivity contribution < 1.29 is 18.4 Å². The fourth-order valence-electron chi connectivity index (χ4n) is 7.23. The van der Waals surface area contributed by atoms with Crippen LogP contribution in [0.5, 0.6) is 0 Å². The first-order chi connectivity index (χ1) is 27.2. The molecule has 0 radical (unpaired) electrons. The predicted molar refractivity (Wildman–Crippen MR) is 216 cm³/mol. The number of amides is 2. The summed E-state index contributed by atoms with van der Waals surface area (Å²) in [6.07, 6.45) is 6.71. The van der Waals surface area contributed by atoms with E-state index in [1.807, 2.05) is 54.7 Å². The highest BCUT2D eigenvalue weighted by Crippen LogP contribution is 2.31. The molecule has 2 aromatic heterocycles. The van der Waals surface area contributed by atoms with E-state index in [1.54, 1.807) is 30.5 Å². The maximum absolute atomic E-state index is 13.8. The number of anilines is 2. The molecule has 4 heterocycles. The quantitative estimate of drug-likeness (QED) is 0.174. The number of hydrogen-bond acceptors (Lipinski definition) is 7. The van der Waals surface area contributed by atoms with Gasteiger partial charge in [0.25, 0.3) is 11.8 Å². The van der Waals surface area contributed by atoms with Crippen LogP contribution in [-0.4, -0.2) is 60.0 Å². The zero-order valence-corrected chi connectivity index (χ0v) is 31.7. The van der Waals surface area contributed by atoms with Gasteiger partial charge in [-0.25, -0.2) is 8.78 Å². The van der Waals surface area contributed by atoms with Crippen molar-refractivity contribution >= 4 is 68.2 Å². The predicted octanol–water partition coefficient (Wildman–Crippen LogP) is 8.72. The molecular formula is C43H37Cl2F2N7O2. The number of nitrogens with one attached hydrogen (secondary N) is 2. The molecule has 0 unspecified atom stereocenters. The Morgan fingerprint density at radius 1 is 0.679 bits per heavy atom. The smallest absolute Gasteiger partial charge is 0.254 e. The Bertz CT molecular complexity index is 2440. The van der Waals surface area contributed by atoms with E-state index in [2.05, 4.69) is 36.5 Å². The van der Waals surface area contributed by atoms with Crippen molar-refractivity contribution in [2.24, 2.45) is 0 Å². The van der Waals surface area contributed by atoms with Gasteiger partial charge in [-0.2, -0.15) is 5.26 Å². The highest BCUT2D eigenvalue weighted by molar-refractivity contribution is 6.31. The SMILES string of the molecule is N#Cc1cccc(C(=O)NC2CCN(c3ccnc4cc(Cl)ccc34)CC2)c1.O=C(NC1CCN(c2ccnc3cc(Cl)ccc23)CC1)c1cccc(F)c1F. The van der Waals surface area contributed by atoms with Crippen LogP contribution >= 0.6 is 23.2 Å². The van der Waals surface area contributed by atoms with Crippen LogP contribution in [0.25, 0.3) is 21.8 Å². The largest absolute Gasteiger partial charge is 0.371 e. The average Bonchev–Trinajstić information content (AvgIpc) is 3.22. The molecule has 284 valence electrons. The first-order valence-electron chi connectivity index (χ1n) is 18.3. The minimum Gasteiger partial charge on any atom is -0.371 e. The van der Waals surface area contributed by atoms with Gasteiger partial charge in [0.15, 0.2) is 11.6 Å². The zero-order valence-electron chi connectivity index (χ0n) is 30.2. The zero-order chi connectivity index (χ0) is 39.2. The van der Waals surface area contributed by atoms with Crippen molar-refractivity contribution in [1.29, 1.82) is 5.26 Å². The van der Waals surface area contributed by atoms with Crippen molar-refractivity contribution in [3.8, 4) is 6.07 Å². The van der Waals surface area contributed by atoms with E-state index in [9.17, 15) is 18.4 Å². The molecule has 0 atom stereocenters. The number of aromatic nitrogens is 2. The molecule has 2 amide bonds. The minimum atomic E-state index is -1.11. The number of nitriles is 1. The number of benzene rings is 4. The molecule has 2 fully saturated rings. The first-order valence-corrected chi connectivity index (χ1v) is 19.1. The Morgan fingerprint density at radius 2 is 1.20 bits per heavy atom. The van der Waals surface area contributed by atoms with E-state index in [0.29, 0.717) is 34.0 Å². The summed E-state index contributed by atoms with van der Waals surface area (Å²) in [4.78, 5) is 38.1. The van der Waals surface area contributed by atoms with Crippen LogP contribution in [-0.2, 0) is 0 Å². The highest BCUT2D eigenvalue weighted by Gasteiger charge is 2.25. The summed E-state index contributed by atoms with van der Waals surface area (Å²) in [5.41, 5.74) is 4.70. The summed E-state index contributed by atoms with van der Waals surface area (Å²) in [5.74, 6) is -2.84. The summed E-state index contributed by atoms with van der Waals surface area (Å²) in [5, 5.41) is 18.3. The topological polar surface area (TPSA) is 114 Å². The van der Waals surface area contributed by atoms with Gasteiger partial charge in [0, 0.05) is 88.4 Å². The molecule has 2 aliphatic rings. The monoisotopic (exact) mass is 791 g/mol. The lowest BCUT2D eigenvalue weighted by molar-refractivity contribution is 0.0919. The normalized spacial score (nSPS) is 14.8. The van der Waals surface area contributed by atoms with Crippen molar-refractivity contribution in [3.05, 3.63) is 142 Å². The van der Waals surface area contributed by atoms with E-state index < -0.39 is 17.5 Å². The third-order valence-electron chi connectivity index (χ3n) is 10.2. The lowest BCUT2D eigenvalue weighted by Crippen LogP contribution is -2.45. The maximum atomic E-state index is 13.8. The molecule has 0 spiro atoms. The fraction of sp³-hybridized carbons (Fsp3) is 0.233. The number of nitrogens with zero attached hydrogens (tertiary/aromatic N) is 5. The number of pyridine rings is 2. The van der Waals surface area contributed by atoms with Crippen LogP contribution in [0.4, 0.5) is 20.2 Å². The van der Waals surface area contributed by atoms with Crippen molar-refractivity contribution in [2.75, 3.05) is 36.0 Å². The molecule has 0 saturated carbocycles. The van der Waals surface area contributed by atoms with Gasteiger partial charge in [-0.05, 0) is 105 Å². The molecule has 6 aromatic rings. The molecule has 8 rings (SSSR count). The standard InChI is InChI=1S/C22H19ClN4O.C21H18ClF2N3O/c23-17-4-5-19-20(13-17)25-9-6-21(19)27-10-7-18(8-11-27)26-22(28)16-3-1-2-15(12-16)14-24;22-13-4-5-15-18(12-13)25-9-6-19(15)27-10-7-14(8-11-27)26-21(28)16-2-1-3-17(23)20(16)24/h1-6,9,12-13,18H,7-8,10-11H2,(H,26,28);1-6,9,12,14H,7-8,10-11H2,(H,26,28). The van der Waals surface area contributed by atoms with Crippen molar-refractivity contribution in [2.45, 2.75) is 37.8 Å². The molecule has 56 heavy (non-hydrogen) atoms. The number of hydrogen-bond donors (Lipinski definition) is 2. The molecule has 0 bridgehead atoms. The highest BCUT2D eigenvalue weighted by atomic mass is 35.5.